The zero-order valence-corrected chi connectivity index (χ0v) is 31.5. The van der Waals surface area contributed by atoms with Gasteiger partial charge in [0, 0.05) is 33.3 Å². The van der Waals surface area contributed by atoms with Gasteiger partial charge in [0.05, 0.1) is 22.8 Å². The SMILES string of the molecule is CCc1ccc2nc(-c3ccc(C4(N)CCC4)cc3)c(-c3ccccc3)n2n1.Cc1ccc2nc(-c3ccc(C4(N)CCC4)cc3)c(-c3ccccc3)n2n1. The highest BCUT2D eigenvalue weighted by Crippen LogP contribution is 2.41. The molecule has 0 spiro atoms. The Morgan fingerprint density at radius 3 is 1.36 bits per heavy atom. The van der Waals surface area contributed by atoms with Crippen molar-refractivity contribution in [3.63, 3.8) is 0 Å². The first-order chi connectivity index (χ1) is 26.8. The van der Waals surface area contributed by atoms with Gasteiger partial charge in [-0.15, -0.1) is 0 Å². The van der Waals surface area contributed by atoms with Gasteiger partial charge in [0.25, 0.3) is 0 Å². The Morgan fingerprint density at radius 2 is 0.945 bits per heavy atom. The fourth-order valence-electron chi connectivity index (χ4n) is 7.91. The lowest BCUT2D eigenvalue weighted by molar-refractivity contribution is 0.253. The van der Waals surface area contributed by atoms with E-state index in [9.17, 15) is 0 Å². The number of rotatable bonds is 7. The molecule has 8 aromatic rings. The van der Waals surface area contributed by atoms with E-state index < -0.39 is 0 Å². The third kappa shape index (κ3) is 6.41. The Balaban J connectivity index is 0.000000144. The van der Waals surface area contributed by atoms with Crippen molar-refractivity contribution in [3.05, 3.63) is 156 Å². The second-order valence-electron chi connectivity index (χ2n) is 15.2. The lowest BCUT2D eigenvalue weighted by Crippen LogP contribution is -2.43. The predicted octanol–water partition coefficient (Wildman–Crippen LogP) is 9.67. The summed E-state index contributed by atoms with van der Waals surface area (Å²) in [5.74, 6) is 0. The molecule has 4 aromatic heterocycles. The van der Waals surface area contributed by atoms with Gasteiger partial charge in [-0.25, -0.2) is 19.0 Å². The number of nitrogens with zero attached hydrogens (tertiary/aromatic N) is 6. The van der Waals surface area contributed by atoms with Crippen LogP contribution >= 0.6 is 0 Å². The molecule has 8 heteroatoms. The predicted molar refractivity (Wildman–Crippen MR) is 221 cm³/mol. The highest BCUT2D eigenvalue weighted by molar-refractivity contribution is 5.83. The molecule has 0 radical (unpaired) electrons. The lowest BCUT2D eigenvalue weighted by Gasteiger charge is -2.38. The van der Waals surface area contributed by atoms with Gasteiger partial charge in [-0.2, -0.15) is 10.2 Å². The van der Waals surface area contributed by atoms with Gasteiger partial charge in [-0.05, 0) is 87.3 Å². The van der Waals surface area contributed by atoms with Gasteiger partial charge in [-0.1, -0.05) is 116 Å². The third-order valence-electron chi connectivity index (χ3n) is 11.6. The Hall–Kier alpha value is -5.96. The summed E-state index contributed by atoms with van der Waals surface area (Å²) in [4.78, 5) is 9.83. The van der Waals surface area contributed by atoms with E-state index in [0.717, 1.165) is 99.8 Å². The smallest absolute Gasteiger partial charge is 0.154 e. The van der Waals surface area contributed by atoms with Crippen LogP contribution in [0.25, 0.3) is 56.3 Å². The summed E-state index contributed by atoms with van der Waals surface area (Å²) in [6.45, 7) is 4.12. The van der Waals surface area contributed by atoms with E-state index in [4.69, 9.17) is 31.6 Å². The van der Waals surface area contributed by atoms with E-state index in [0.29, 0.717) is 0 Å². The van der Waals surface area contributed by atoms with E-state index in [1.807, 2.05) is 52.4 Å². The summed E-state index contributed by atoms with van der Waals surface area (Å²) in [6, 6.07) is 46.1. The van der Waals surface area contributed by atoms with Crippen molar-refractivity contribution in [3.8, 4) is 45.0 Å². The van der Waals surface area contributed by atoms with E-state index in [-0.39, 0.29) is 11.1 Å². The summed E-state index contributed by atoms with van der Waals surface area (Å²) in [6.07, 6.45) is 7.60. The van der Waals surface area contributed by atoms with Crippen LogP contribution in [0.15, 0.2) is 133 Å². The van der Waals surface area contributed by atoms with Crippen molar-refractivity contribution in [1.29, 1.82) is 0 Å². The largest absolute Gasteiger partial charge is 0.321 e. The highest BCUT2D eigenvalue weighted by atomic mass is 15.3. The zero-order chi connectivity index (χ0) is 37.6. The van der Waals surface area contributed by atoms with Gasteiger partial charge >= 0.3 is 0 Å². The molecule has 2 saturated carbocycles. The average molecular weight is 723 g/mol. The first kappa shape index (κ1) is 34.8. The van der Waals surface area contributed by atoms with E-state index >= 15 is 0 Å². The molecule has 4 N–H and O–H groups in total. The minimum absolute atomic E-state index is 0.141. The van der Waals surface area contributed by atoms with Gasteiger partial charge in [-0.3, -0.25) is 0 Å². The van der Waals surface area contributed by atoms with E-state index in [2.05, 4.69) is 104 Å². The minimum Gasteiger partial charge on any atom is -0.321 e. The second kappa shape index (κ2) is 14.0. The van der Waals surface area contributed by atoms with Crippen LogP contribution in [0.2, 0.25) is 0 Å². The van der Waals surface area contributed by atoms with E-state index in [1.54, 1.807) is 0 Å². The van der Waals surface area contributed by atoms with Crippen LogP contribution in [0, 0.1) is 6.92 Å². The number of aryl methyl sites for hydroxylation is 2. The van der Waals surface area contributed by atoms with Gasteiger partial charge in [0.15, 0.2) is 11.3 Å². The first-order valence-electron chi connectivity index (χ1n) is 19.5. The minimum atomic E-state index is -0.142. The van der Waals surface area contributed by atoms with Crippen LogP contribution < -0.4 is 11.5 Å². The van der Waals surface area contributed by atoms with Crippen molar-refractivity contribution in [2.45, 2.75) is 69.9 Å². The Labute approximate surface area is 321 Å². The molecule has 0 amide bonds. The van der Waals surface area contributed by atoms with Gasteiger partial charge in [0.2, 0.25) is 0 Å². The number of hydrogen-bond acceptors (Lipinski definition) is 6. The maximum absolute atomic E-state index is 6.50. The normalized spacial score (nSPS) is 15.6. The first-order valence-corrected chi connectivity index (χ1v) is 19.5. The molecule has 4 heterocycles. The van der Waals surface area contributed by atoms with Crippen LogP contribution in [0.1, 0.15) is 68.0 Å². The molecular formula is C47H46N8. The third-order valence-corrected chi connectivity index (χ3v) is 11.6. The summed E-state index contributed by atoms with van der Waals surface area (Å²) in [5, 5.41) is 9.54. The van der Waals surface area contributed by atoms with Crippen LogP contribution in [-0.2, 0) is 17.5 Å². The molecule has 2 fully saturated rings. The molecule has 55 heavy (non-hydrogen) atoms. The summed E-state index contributed by atoms with van der Waals surface area (Å²) < 4.78 is 3.93. The van der Waals surface area contributed by atoms with Crippen LogP contribution in [0.5, 0.6) is 0 Å². The lowest BCUT2D eigenvalue weighted by atomic mass is 9.72. The number of fused-ring (bicyclic) bond motifs is 2. The monoisotopic (exact) mass is 722 g/mol. The van der Waals surface area contributed by atoms with Gasteiger partial charge in [0.1, 0.15) is 11.4 Å². The highest BCUT2D eigenvalue weighted by Gasteiger charge is 2.35. The molecule has 4 aromatic carbocycles. The number of imidazole rings is 2. The van der Waals surface area contributed by atoms with Crippen molar-refractivity contribution in [1.82, 2.24) is 29.2 Å². The number of aromatic nitrogens is 6. The molecule has 0 atom stereocenters. The van der Waals surface area contributed by atoms with Crippen molar-refractivity contribution in [2.24, 2.45) is 11.5 Å². The molecule has 0 aliphatic heterocycles. The Kier molecular flexibility index (Phi) is 8.87. The number of benzene rings is 4. The molecule has 2 aliphatic carbocycles. The molecule has 274 valence electrons. The zero-order valence-electron chi connectivity index (χ0n) is 31.5. The molecule has 2 aliphatic rings. The van der Waals surface area contributed by atoms with Crippen LogP contribution in [0.3, 0.4) is 0 Å². The summed E-state index contributed by atoms with van der Waals surface area (Å²) in [7, 11) is 0. The van der Waals surface area contributed by atoms with E-state index in [1.165, 1.54) is 24.0 Å². The average Bonchev–Trinajstić information content (AvgIpc) is 3.78. The van der Waals surface area contributed by atoms with Crippen molar-refractivity contribution < 1.29 is 0 Å². The molecule has 0 saturated heterocycles. The topological polar surface area (TPSA) is 112 Å². The van der Waals surface area contributed by atoms with Crippen LogP contribution in [0.4, 0.5) is 0 Å². The molecular weight excluding hydrogens is 677 g/mol. The number of hydrogen-bond donors (Lipinski definition) is 2. The molecule has 0 unspecified atom stereocenters. The summed E-state index contributed by atoms with van der Waals surface area (Å²) >= 11 is 0. The quantitative estimate of drug-likeness (QED) is 0.169. The van der Waals surface area contributed by atoms with Crippen molar-refractivity contribution in [2.75, 3.05) is 0 Å². The second-order valence-corrected chi connectivity index (χ2v) is 15.2. The standard InChI is InChI=1S/C24H24N4.C23H22N4/c1-2-20-13-14-21-26-22(23(28(21)27-20)18-7-4-3-5-8-18)17-9-11-19(12-10-17)24(25)15-6-16-24;1-16-8-13-20-25-21(22(27(20)26-16)18-6-3-2-4-7-18)17-9-11-19(12-10-17)23(24)14-5-15-23/h3-5,7-14H,2,6,15-16,25H2,1H3;2-4,6-13H,5,14-15,24H2,1H3. The molecule has 0 bridgehead atoms. The summed E-state index contributed by atoms with van der Waals surface area (Å²) in [5.41, 5.74) is 27.2. The van der Waals surface area contributed by atoms with Gasteiger partial charge < -0.3 is 11.5 Å². The fourth-order valence-corrected chi connectivity index (χ4v) is 7.91. The Bertz CT molecular complexity index is 2600. The maximum Gasteiger partial charge on any atom is 0.154 e. The van der Waals surface area contributed by atoms with Crippen LogP contribution in [-0.4, -0.2) is 29.2 Å². The number of nitrogens with two attached hydrogens (primary N) is 2. The fraction of sp³-hybridized carbons (Fsp3) is 0.234. The maximum atomic E-state index is 6.50. The van der Waals surface area contributed by atoms with Crippen molar-refractivity contribution >= 4 is 11.3 Å². The Morgan fingerprint density at radius 1 is 0.509 bits per heavy atom. The molecule has 8 nitrogen and oxygen atoms in total. The molecule has 10 rings (SSSR count).